The van der Waals surface area contributed by atoms with E-state index < -0.39 is 64.3 Å². The van der Waals surface area contributed by atoms with Gasteiger partial charge in [-0.3, -0.25) is 9.59 Å². The lowest BCUT2D eigenvalue weighted by atomic mass is 9.89. The second kappa shape index (κ2) is 8.50. The van der Waals surface area contributed by atoms with Crippen molar-refractivity contribution in [1.29, 1.82) is 0 Å². The van der Waals surface area contributed by atoms with Crippen molar-refractivity contribution in [2.24, 2.45) is 5.73 Å². The molecule has 3 N–H and O–H groups in total. The average Bonchev–Trinajstić information content (AvgIpc) is 2.73. The quantitative estimate of drug-likeness (QED) is 0.561. The standard InChI is InChI=1S/C21H16F5N3O3/c1-10(12-3-2-4-14(18(12)24)21(25,26)9-30)13-8-17(31)29(28-19(13)20(27)32)16-6-5-11(22)7-15(16)23/h2-8,10,30H,9H2,1H3,(H2,27,32). The average molecular weight is 453 g/mol. The number of hydrogen-bond acceptors (Lipinski definition) is 4. The Labute approximate surface area is 177 Å². The summed E-state index contributed by atoms with van der Waals surface area (Å²) in [7, 11) is 0. The van der Waals surface area contributed by atoms with E-state index in [1.54, 1.807) is 0 Å². The van der Waals surface area contributed by atoms with Gasteiger partial charge in [0.2, 0.25) is 0 Å². The van der Waals surface area contributed by atoms with Gasteiger partial charge in [-0.25, -0.2) is 13.2 Å². The van der Waals surface area contributed by atoms with Crippen molar-refractivity contribution >= 4 is 5.91 Å². The van der Waals surface area contributed by atoms with Crippen LogP contribution in [0.25, 0.3) is 5.69 Å². The molecule has 2 aromatic carbocycles. The van der Waals surface area contributed by atoms with Gasteiger partial charge in [0, 0.05) is 18.1 Å². The third-order valence-corrected chi connectivity index (χ3v) is 4.89. The molecule has 0 aliphatic heterocycles. The fourth-order valence-electron chi connectivity index (χ4n) is 3.24. The molecule has 1 unspecified atom stereocenters. The Morgan fingerprint density at radius 2 is 1.84 bits per heavy atom. The Balaban J connectivity index is 2.19. The summed E-state index contributed by atoms with van der Waals surface area (Å²) in [5.41, 5.74) is 1.79. The largest absolute Gasteiger partial charge is 0.390 e. The van der Waals surface area contributed by atoms with Crippen molar-refractivity contribution < 1.29 is 31.9 Å². The number of nitrogens with two attached hydrogens (primary N) is 1. The van der Waals surface area contributed by atoms with Crippen molar-refractivity contribution in [3.8, 4) is 5.69 Å². The fraction of sp³-hybridized carbons (Fsp3) is 0.190. The minimum atomic E-state index is -3.87. The van der Waals surface area contributed by atoms with Gasteiger partial charge in [-0.05, 0) is 29.3 Å². The van der Waals surface area contributed by atoms with Crippen LogP contribution in [0.4, 0.5) is 22.0 Å². The first-order valence-electron chi connectivity index (χ1n) is 9.15. The molecule has 3 rings (SSSR count). The summed E-state index contributed by atoms with van der Waals surface area (Å²) in [6.07, 6.45) is 0. The van der Waals surface area contributed by atoms with Crippen LogP contribution in [0.1, 0.15) is 40.0 Å². The number of aliphatic hydroxyl groups excluding tert-OH is 1. The van der Waals surface area contributed by atoms with E-state index in [1.165, 1.54) is 6.92 Å². The highest BCUT2D eigenvalue weighted by atomic mass is 19.3. The molecule has 1 amide bonds. The summed E-state index contributed by atoms with van der Waals surface area (Å²) in [5.74, 6) is -9.56. The Morgan fingerprint density at radius 1 is 1.16 bits per heavy atom. The third kappa shape index (κ3) is 4.11. The van der Waals surface area contributed by atoms with Gasteiger partial charge in [0.1, 0.15) is 23.9 Å². The van der Waals surface area contributed by atoms with E-state index in [-0.39, 0.29) is 11.1 Å². The van der Waals surface area contributed by atoms with E-state index >= 15 is 0 Å². The van der Waals surface area contributed by atoms with Crippen molar-refractivity contribution in [3.63, 3.8) is 0 Å². The van der Waals surface area contributed by atoms with Crippen LogP contribution < -0.4 is 11.3 Å². The highest BCUT2D eigenvalue weighted by molar-refractivity contribution is 5.92. The molecule has 0 fully saturated rings. The van der Waals surface area contributed by atoms with Crippen LogP contribution in [-0.2, 0) is 5.92 Å². The molecule has 168 valence electrons. The maximum atomic E-state index is 14.9. The number of aromatic nitrogens is 2. The lowest BCUT2D eigenvalue weighted by Crippen LogP contribution is -2.29. The van der Waals surface area contributed by atoms with E-state index in [2.05, 4.69) is 5.10 Å². The maximum Gasteiger partial charge on any atom is 0.298 e. The van der Waals surface area contributed by atoms with Crippen molar-refractivity contribution in [1.82, 2.24) is 9.78 Å². The predicted molar refractivity (Wildman–Crippen MR) is 103 cm³/mol. The normalized spacial score (nSPS) is 12.6. The van der Waals surface area contributed by atoms with Gasteiger partial charge in [0.15, 0.2) is 11.5 Å². The van der Waals surface area contributed by atoms with Crippen LogP contribution in [0.2, 0.25) is 0 Å². The maximum absolute atomic E-state index is 14.9. The monoisotopic (exact) mass is 453 g/mol. The molecule has 0 aliphatic carbocycles. The third-order valence-electron chi connectivity index (χ3n) is 4.89. The second-order valence-corrected chi connectivity index (χ2v) is 6.95. The van der Waals surface area contributed by atoms with Gasteiger partial charge in [-0.15, -0.1) is 0 Å². The van der Waals surface area contributed by atoms with E-state index in [1.807, 2.05) is 0 Å². The fourth-order valence-corrected chi connectivity index (χ4v) is 3.24. The van der Waals surface area contributed by atoms with Gasteiger partial charge < -0.3 is 10.8 Å². The summed E-state index contributed by atoms with van der Waals surface area (Å²) in [6, 6.07) is 6.22. The molecule has 0 saturated heterocycles. The highest BCUT2D eigenvalue weighted by Crippen LogP contribution is 2.35. The molecule has 0 radical (unpaired) electrons. The van der Waals surface area contributed by atoms with E-state index in [4.69, 9.17) is 10.8 Å². The van der Waals surface area contributed by atoms with Gasteiger partial charge in [0.25, 0.3) is 17.4 Å². The highest BCUT2D eigenvalue weighted by Gasteiger charge is 2.35. The van der Waals surface area contributed by atoms with Crippen LogP contribution in [0.5, 0.6) is 0 Å². The molecule has 1 atom stereocenters. The Kier molecular flexibility index (Phi) is 6.13. The molecule has 0 saturated carbocycles. The number of hydrogen-bond donors (Lipinski definition) is 2. The molecule has 0 aliphatic rings. The molecule has 11 heteroatoms. The Morgan fingerprint density at radius 3 is 2.44 bits per heavy atom. The lowest BCUT2D eigenvalue weighted by Gasteiger charge is -2.20. The predicted octanol–water partition coefficient (Wildman–Crippen LogP) is 2.98. The minimum absolute atomic E-state index is 0.190. The number of rotatable bonds is 6. The van der Waals surface area contributed by atoms with Gasteiger partial charge in [0.05, 0.1) is 5.56 Å². The van der Waals surface area contributed by atoms with Crippen LogP contribution in [-0.4, -0.2) is 27.4 Å². The summed E-state index contributed by atoms with van der Waals surface area (Å²) < 4.78 is 70.4. The molecule has 32 heavy (non-hydrogen) atoms. The zero-order chi connectivity index (χ0) is 23.8. The van der Waals surface area contributed by atoms with Crippen molar-refractivity contribution in [2.75, 3.05) is 6.61 Å². The molecule has 0 bridgehead atoms. The zero-order valence-corrected chi connectivity index (χ0v) is 16.5. The Bertz CT molecular complexity index is 1260. The van der Waals surface area contributed by atoms with Crippen LogP contribution in [0, 0.1) is 17.5 Å². The van der Waals surface area contributed by atoms with Crippen LogP contribution >= 0.6 is 0 Å². The molecule has 6 nitrogen and oxygen atoms in total. The number of benzene rings is 2. The molecule has 0 spiro atoms. The van der Waals surface area contributed by atoms with Gasteiger partial charge >= 0.3 is 0 Å². The SMILES string of the molecule is CC(c1cc(=O)n(-c2ccc(F)cc2F)nc1C(N)=O)c1cccc(C(F)(F)CO)c1F. The topological polar surface area (TPSA) is 98.2 Å². The first kappa shape index (κ1) is 23.1. The molecule has 1 heterocycles. The number of carbonyl (C=O) groups is 1. The first-order valence-corrected chi connectivity index (χ1v) is 9.15. The summed E-state index contributed by atoms with van der Waals surface area (Å²) in [4.78, 5) is 24.6. The number of aliphatic hydroxyl groups is 1. The smallest absolute Gasteiger partial charge is 0.298 e. The number of halogens is 5. The lowest BCUT2D eigenvalue weighted by molar-refractivity contribution is -0.0583. The van der Waals surface area contributed by atoms with Crippen LogP contribution in [0.15, 0.2) is 47.3 Å². The van der Waals surface area contributed by atoms with Gasteiger partial charge in [-0.2, -0.15) is 18.6 Å². The molecular weight excluding hydrogens is 437 g/mol. The molecule has 3 aromatic rings. The van der Waals surface area contributed by atoms with Crippen LogP contribution in [0.3, 0.4) is 0 Å². The summed E-state index contributed by atoms with van der Waals surface area (Å²) in [5, 5.41) is 12.6. The first-order chi connectivity index (χ1) is 15.0. The molecular formula is C21H16F5N3O3. The second-order valence-electron chi connectivity index (χ2n) is 6.95. The zero-order valence-electron chi connectivity index (χ0n) is 16.5. The minimum Gasteiger partial charge on any atom is -0.390 e. The number of alkyl halides is 2. The van der Waals surface area contributed by atoms with E-state index in [0.29, 0.717) is 10.7 Å². The van der Waals surface area contributed by atoms with Gasteiger partial charge in [-0.1, -0.05) is 19.1 Å². The number of carbonyl (C=O) groups excluding carboxylic acids is 1. The van der Waals surface area contributed by atoms with E-state index in [0.717, 1.165) is 36.4 Å². The summed E-state index contributed by atoms with van der Waals surface area (Å²) >= 11 is 0. The molecule has 1 aromatic heterocycles. The van der Waals surface area contributed by atoms with Crippen molar-refractivity contribution in [3.05, 3.63) is 92.7 Å². The number of nitrogens with zero attached hydrogens (tertiary/aromatic N) is 2. The van der Waals surface area contributed by atoms with E-state index in [9.17, 15) is 31.5 Å². The number of amides is 1. The van der Waals surface area contributed by atoms with Crippen molar-refractivity contribution in [2.45, 2.75) is 18.8 Å². The summed E-state index contributed by atoms with van der Waals surface area (Å²) in [6.45, 7) is -0.305. The Hall–Kier alpha value is -3.60. The number of primary amides is 1.